The van der Waals surface area contributed by atoms with Crippen molar-refractivity contribution in [3.63, 3.8) is 0 Å². The van der Waals surface area contributed by atoms with E-state index in [9.17, 15) is 4.79 Å². The minimum absolute atomic E-state index is 0.138. The van der Waals surface area contributed by atoms with Gasteiger partial charge in [-0.25, -0.2) is 15.8 Å². The maximum atomic E-state index is 11.8. The summed E-state index contributed by atoms with van der Waals surface area (Å²) in [6, 6.07) is 11.5. The summed E-state index contributed by atoms with van der Waals surface area (Å²) in [6.45, 7) is 2.19. The Morgan fingerprint density at radius 3 is 2.76 bits per heavy atom. The van der Waals surface area contributed by atoms with Gasteiger partial charge in [0.2, 0.25) is 0 Å². The number of nitrogens with zero attached hydrogens (tertiary/aromatic N) is 2. The first-order valence-corrected chi connectivity index (χ1v) is 13.9. The van der Waals surface area contributed by atoms with Gasteiger partial charge in [0.15, 0.2) is 11.5 Å². The molecule has 1 aromatic heterocycles. The van der Waals surface area contributed by atoms with Gasteiger partial charge in [0, 0.05) is 28.1 Å². The van der Waals surface area contributed by atoms with Gasteiger partial charge in [0.25, 0.3) is 0 Å². The number of aliphatic imine (C=N–C) groups is 1. The van der Waals surface area contributed by atoms with Crippen LogP contribution in [0.4, 0.5) is 5.69 Å². The third kappa shape index (κ3) is 6.38. The number of nitrogens with two attached hydrogens (primary N) is 1. The lowest BCUT2D eigenvalue weighted by Crippen LogP contribution is -2.38. The molecule has 2 atom stereocenters. The predicted octanol–water partition coefficient (Wildman–Crippen LogP) is 5.25. The number of fused-ring (bicyclic) bond motifs is 1. The fraction of sp³-hybridized carbons (Fsp3) is 0.346. The number of thiazole rings is 1. The highest BCUT2D eigenvalue weighted by atomic mass is 35.5. The summed E-state index contributed by atoms with van der Waals surface area (Å²) in [5.41, 5.74) is 5.48. The maximum absolute atomic E-state index is 11.8. The van der Waals surface area contributed by atoms with Crippen molar-refractivity contribution in [2.45, 2.75) is 36.7 Å². The molecule has 0 saturated heterocycles. The Labute approximate surface area is 229 Å². The molecule has 0 aliphatic carbocycles. The van der Waals surface area contributed by atoms with E-state index in [1.54, 1.807) is 44.2 Å². The van der Waals surface area contributed by atoms with Crippen LogP contribution < -0.4 is 20.7 Å². The summed E-state index contributed by atoms with van der Waals surface area (Å²) in [5, 5.41) is 1.25. The molecular weight excluding hydrogens is 532 g/mol. The molecule has 196 valence electrons. The summed E-state index contributed by atoms with van der Waals surface area (Å²) in [4.78, 5) is 22.3. The molecule has 3 aromatic rings. The number of rotatable bonds is 9. The number of aryl methyl sites for hydroxylation is 1. The fourth-order valence-electron chi connectivity index (χ4n) is 4.15. The molecule has 3 N–H and O–H groups in total. The monoisotopic (exact) mass is 560 g/mol. The summed E-state index contributed by atoms with van der Waals surface area (Å²) >= 11 is 9.70. The normalized spacial score (nSPS) is 16.8. The number of hydrogen-bond acceptors (Lipinski definition) is 10. The van der Waals surface area contributed by atoms with Crippen molar-refractivity contribution in [1.29, 1.82) is 0 Å². The zero-order chi connectivity index (χ0) is 26.4. The number of halogens is 1. The Bertz CT molecular complexity index is 1280. The number of aromatic nitrogens is 1. The van der Waals surface area contributed by atoms with Gasteiger partial charge < -0.3 is 19.6 Å². The molecule has 11 heteroatoms. The molecule has 0 spiro atoms. The van der Waals surface area contributed by atoms with Crippen molar-refractivity contribution in [2.75, 3.05) is 20.8 Å². The van der Waals surface area contributed by atoms with Gasteiger partial charge in [0.05, 0.1) is 48.4 Å². The molecule has 1 aliphatic heterocycles. The van der Waals surface area contributed by atoms with Gasteiger partial charge in [-0.15, -0.1) is 23.1 Å². The number of para-hydroxylation sites is 1. The van der Waals surface area contributed by atoms with Crippen molar-refractivity contribution in [1.82, 2.24) is 10.4 Å². The molecule has 8 nitrogen and oxygen atoms in total. The van der Waals surface area contributed by atoms with Crippen LogP contribution in [0.1, 0.15) is 39.6 Å². The average molecular weight is 561 g/mol. The van der Waals surface area contributed by atoms with Crippen LogP contribution in [0.3, 0.4) is 0 Å². The van der Waals surface area contributed by atoms with Crippen LogP contribution >= 0.6 is 34.7 Å². The van der Waals surface area contributed by atoms with Gasteiger partial charge in [-0.2, -0.15) is 0 Å². The van der Waals surface area contributed by atoms with E-state index in [1.807, 2.05) is 42.6 Å². The third-order valence-electron chi connectivity index (χ3n) is 5.82. The highest BCUT2D eigenvalue weighted by molar-refractivity contribution is 8.01. The number of methoxy groups -OCH3 is 2. The molecule has 2 aromatic carbocycles. The number of hydrazine groups is 1. The van der Waals surface area contributed by atoms with Crippen molar-refractivity contribution >= 4 is 52.2 Å². The molecule has 2 heterocycles. The quantitative estimate of drug-likeness (QED) is 0.207. The number of carbonyl (C=O) groups excluding carboxylic acids is 1. The Morgan fingerprint density at radius 2 is 2.03 bits per heavy atom. The van der Waals surface area contributed by atoms with Gasteiger partial charge in [-0.3, -0.25) is 4.79 Å². The minimum atomic E-state index is -0.204. The van der Waals surface area contributed by atoms with E-state index in [0.717, 1.165) is 26.7 Å². The van der Waals surface area contributed by atoms with Crippen LogP contribution in [0.25, 0.3) is 0 Å². The topological polar surface area (TPSA) is 108 Å². The summed E-state index contributed by atoms with van der Waals surface area (Å²) in [7, 11) is 3.26. The van der Waals surface area contributed by atoms with Gasteiger partial charge in [0.1, 0.15) is 5.84 Å². The minimum Gasteiger partial charge on any atom is -0.493 e. The largest absolute Gasteiger partial charge is 0.493 e. The molecule has 1 aliphatic rings. The number of ether oxygens (including phenoxy) is 3. The fourth-order valence-corrected chi connectivity index (χ4v) is 6.90. The number of benzene rings is 2. The van der Waals surface area contributed by atoms with Crippen LogP contribution in [-0.4, -0.2) is 42.9 Å². The number of thioether (sulfide) groups is 1. The zero-order valence-electron chi connectivity index (χ0n) is 20.8. The highest BCUT2D eigenvalue weighted by Crippen LogP contribution is 2.50. The van der Waals surface area contributed by atoms with Crippen molar-refractivity contribution in [3.8, 4) is 11.5 Å². The SMILES string of the molecule is CCOC(=O)CCc1cnc(CC2SC(c3cccc(OC)c3OC)c3cc(Cl)ccc3N=C2NN)s1. The van der Waals surface area contributed by atoms with Crippen molar-refractivity contribution in [3.05, 3.63) is 68.6 Å². The van der Waals surface area contributed by atoms with Gasteiger partial charge in [-0.05, 0) is 43.2 Å². The lowest BCUT2D eigenvalue weighted by atomic mass is 10.0. The Hall–Kier alpha value is -2.79. The second-order valence-electron chi connectivity index (χ2n) is 8.16. The van der Waals surface area contributed by atoms with E-state index >= 15 is 0 Å². The first-order chi connectivity index (χ1) is 18.0. The third-order valence-corrected chi connectivity index (χ3v) is 8.64. The molecule has 0 bridgehead atoms. The van der Waals surface area contributed by atoms with Gasteiger partial charge >= 0.3 is 5.97 Å². The van der Waals surface area contributed by atoms with E-state index in [-0.39, 0.29) is 16.5 Å². The predicted molar refractivity (Wildman–Crippen MR) is 149 cm³/mol. The number of hydrogen-bond donors (Lipinski definition) is 2. The number of nitrogens with one attached hydrogen (secondary N) is 1. The van der Waals surface area contributed by atoms with Crippen LogP contribution in [-0.2, 0) is 22.4 Å². The van der Waals surface area contributed by atoms with Crippen molar-refractivity contribution in [2.24, 2.45) is 10.8 Å². The van der Waals surface area contributed by atoms with E-state index in [4.69, 9.17) is 36.6 Å². The lowest BCUT2D eigenvalue weighted by Gasteiger charge is -2.24. The maximum Gasteiger partial charge on any atom is 0.306 e. The Kier molecular flexibility index (Phi) is 9.31. The molecule has 0 saturated carbocycles. The standard InChI is InChI=1S/C26H29ClN4O4S2/c1-4-35-23(32)11-9-16-14-29-22(36-16)13-21-26(31-28)30-19-10-8-15(27)12-18(19)25(37-21)17-6-5-7-20(33-2)24(17)34-3/h5-8,10,12,14,21,25H,4,9,11,13,28H2,1-3H3,(H,30,31). The summed E-state index contributed by atoms with van der Waals surface area (Å²) < 4.78 is 16.4. The lowest BCUT2D eigenvalue weighted by molar-refractivity contribution is -0.143. The average Bonchev–Trinajstić information content (AvgIpc) is 3.29. The zero-order valence-corrected chi connectivity index (χ0v) is 23.2. The number of carbonyl (C=O) groups is 1. The molecule has 0 fully saturated rings. The summed E-state index contributed by atoms with van der Waals surface area (Å²) in [6.07, 6.45) is 3.35. The smallest absolute Gasteiger partial charge is 0.306 e. The Balaban J connectivity index is 1.67. The van der Waals surface area contributed by atoms with Crippen LogP contribution in [0.2, 0.25) is 5.02 Å². The first kappa shape index (κ1) is 27.3. The van der Waals surface area contributed by atoms with Crippen LogP contribution in [0, 0.1) is 0 Å². The van der Waals surface area contributed by atoms with E-state index in [1.165, 1.54) is 0 Å². The summed E-state index contributed by atoms with van der Waals surface area (Å²) in [5.74, 6) is 7.71. The molecule has 37 heavy (non-hydrogen) atoms. The van der Waals surface area contributed by atoms with Crippen LogP contribution in [0.5, 0.6) is 11.5 Å². The van der Waals surface area contributed by atoms with Crippen LogP contribution in [0.15, 0.2) is 47.6 Å². The molecular formula is C26H29ClN4O4S2. The molecule has 0 radical (unpaired) electrons. The molecule has 4 rings (SSSR count). The van der Waals surface area contributed by atoms with Gasteiger partial charge in [-0.1, -0.05) is 23.7 Å². The Morgan fingerprint density at radius 1 is 1.19 bits per heavy atom. The molecule has 2 unspecified atom stereocenters. The highest BCUT2D eigenvalue weighted by Gasteiger charge is 2.32. The van der Waals surface area contributed by atoms with E-state index in [2.05, 4.69) is 10.4 Å². The van der Waals surface area contributed by atoms with E-state index < -0.39 is 0 Å². The molecule has 0 amide bonds. The van der Waals surface area contributed by atoms with E-state index in [0.29, 0.717) is 48.2 Å². The van der Waals surface area contributed by atoms with Crippen molar-refractivity contribution < 1.29 is 19.0 Å². The number of amidine groups is 1. The second-order valence-corrected chi connectivity index (χ2v) is 11.1. The second kappa shape index (κ2) is 12.6. The number of esters is 1. The first-order valence-electron chi connectivity index (χ1n) is 11.8.